The normalized spacial score (nSPS) is 15.2. The van der Waals surface area contributed by atoms with E-state index in [0.29, 0.717) is 0 Å². The Morgan fingerprint density at radius 2 is 1.16 bits per heavy atom. The first-order valence-corrected chi connectivity index (χ1v) is 8.40. The van der Waals surface area contributed by atoms with E-state index in [-0.39, 0.29) is 12.4 Å². The number of nitrogens with zero attached hydrogens (tertiary/aromatic N) is 1. The summed E-state index contributed by atoms with van der Waals surface area (Å²) >= 11 is 0. The molecule has 0 unspecified atom stereocenters. The summed E-state index contributed by atoms with van der Waals surface area (Å²) in [5.41, 5.74) is 0. The average Bonchev–Trinajstić information content (AvgIpc) is 2.49. The topological polar surface area (TPSA) is 33.6 Å². The van der Waals surface area contributed by atoms with Crippen molar-refractivity contribution in [2.45, 2.75) is 88.6 Å². The molecule has 0 saturated carbocycles. The molecule has 1 N–H and O–H groups in total. The van der Waals surface area contributed by atoms with Gasteiger partial charge >= 0.3 is 36.0 Å². The largest absolute Gasteiger partial charge is 0.473 e. The van der Waals surface area contributed by atoms with Crippen molar-refractivity contribution in [3.05, 3.63) is 0 Å². The summed E-state index contributed by atoms with van der Waals surface area (Å²) in [4.78, 5) is 3.23. The highest BCUT2D eigenvalue weighted by molar-refractivity contribution is 5.85. The van der Waals surface area contributed by atoms with Crippen molar-refractivity contribution in [2.75, 3.05) is 0 Å². The first-order valence-electron chi connectivity index (χ1n) is 8.40. The summed E-state index contributed by atoms with van der Waals surface area (Å²) in [6.45, 7) is 4.87. The molecule has 0 amide bonds. The molecule has 0 aliphatic rings. The van der Waals surface area contributed by atoms with Gasteiger partial charge in [-0.05, 0) is 27.7 Å². The number of amidine groups is 1. The summed E-state index contributed by atoms with van der Waals surface area (Å²) in [6, 6.07) is -3.31. The SMILES string of the molecule is CC(C)N=C(NC(C)C)OC(F)(F)C(F)(F)C(F)(F)C(F)(F)C(F)(F)CCC(F)(F)F.Cl. The third-order valence-corrected chi connectivity index (χ3v) is 3.35. The zero-order chi connectivity index (χ0) is 25.3. The summed E-state index contributed by atoms with van der Waals surface area (Å²) < 4.78 is 176. The van der Waals surface area contributed by atoms with Crippen molar-refractivity contribution in [3.63, 3.8) is 0 Å². The van der Waals surface area contributed by atoms with Crippen LogP contribution in [-0.4, -0.2) is 54.1 Å². The lowest BCUT2D eigenvalue weighted by Crippen LogP contribution is -2.68. The van der Waals surface area contributed by atoms with E-state index in [1.54, 1.807) is 0 Å². The standard InChI is InChI=1S/C15H19F13N2O.ClH/c1-7(2)29-9(30-8(3)4)31-15(27,28)14(25,26)13(23,24)12(21,22)10(16,17)5-6-11(18,19)20;/h7-8H,5-6H2,1-4H3,(H,29,30);1H. The molecule has 0 heterocycles. The molecule has 0 aromatic rings. The van der Waals surface area contributed by atoms with E-state index in [1.807, 2.05) is 5.32 Å². The summed E-state index contributed by atoms with van der Waals surface area (Å²) in [5.74, 6) is -28.6. The predicted molar refractivity (Wildman–Crippen MR) is 89.2 cm³/mol. The van der Waals surface area contributed by atoms with Gasteiger partial charge in [-0.15, -0.1) is 12.4 Å². The Labute approximate surface area is 180 Å². The van der Waals surface area contributed by atoms with Crippen LogP contribution in [0.4, 0.5) is 57.1 Å². The summed E-state index contributed by atoms with van der Waals surface area (Å²) in [6.07, 6.45) is -17.9. The van der Waals surface area contributed by atoms with Crippen LogP contribution in [0.15, 0.2) is 4.99 Å². The minimum atomic E-state index is -7.54. The van der Waals surface area contributed by atoms with Crippen LogP contribution in [0.2, 0.25) is 0 Å². The van der Waals surface area contributed by atoms with Gasteiger partial charge < -0.3 is 10.1 Å². The minimum absolute atomic E-state index is 0. The van der Waals surface area contributed by atoms with E-state index in [4.69, 9.17) is 0 Å². The monoisotopic (exact) mass is 526 g/mol. The lowest BCUT2D eigenvalue weighted by atomic mass is 9.95. The molecule has 0 aromatic carbocycles. The summed E-state index contributed by atoms with van der Waals surface area (Å²) in [5, 5.41) is 1.91. The van der Waals surface area contributed by atoms with E-state index < -0.39 is 66.9 Å². The molecule has 0 atom stereocenters. The first-order chi connectivity index (χ1) is 13.4. The number of hydrogen-bond acceptors (Lipinski definition) is 2. The van der Waals surface area contributed by atoms with Crippen molar-refractivity contribution in [3.8, 4) is 0 Å². The van der Waals surface area contributed by atoms with Crippen LogP contribution in [0.1, 0.15) is 40.5 Å². The lowest BCUT2D eigenvalue weighted by Gasteiger charge is -2.39. The fourth-order valence-electron chi connectivity index (χ4n) is 1.83. The third-order valence-electron chi connectivity index (χ3n) is 3.35. The first kappa shape index (κ1) is 32.8. The van der Waals surface area contributed by atoms with Gasteiger partial charge in [0, 0.05) is 24.9 Å². The van der Waals surface area contributed by atoms with E-state index in [0.717, 1.165) is 0 Å². The number of ether oxygens (including phenoxy) is 1. The number of hydrogen-bond donors (Lipinski definition) is 1. The molecule has 0 fully saturated rings. The maximum Gasteiger partial charge on any atom is 0.473 e. The van der Waals surface area contributed by atoms with Gasteiger partial charge in [0.2, 0.25) is 0 Å². The van der Waals surface area contributed by atoms with E-state index in [2.05, 4.69) is 9.73 Å². The van der Waals surface area contributed by atoms with Gasteiger partial charge in [-0.25, -0.2) is 4.99 Å². The smallest absolute Gasteiger partial charge is 0.396 e. The van der Waals surface area contributed by atoms with Crippen molar-refractivity contribution in [2.24, 2.45) is 4.99 Å². The molecule has 32 heavy (non-hydrogen) atoms. The Morgan fingerprint density at radius 3 is 1.50 bits per heavy atom. The molecular formula is C15H20ClF13N2O. The molecule has 0 spiro atoms. The third kappa shape index (κ3) is 7.33. The van der Waals surface area contributed by atoms with Crippen LogP contribution in [0.25, 0.3) is 0 Å². The summed E-state index contributed by atoms with van der Waals surface area (Å²) in [7, 11) is 0. The van der Waals surface area contributed by atoms with Gasteiger partial charge in [-0.3, -0.25) is 0 Å². The Morgan fingerprint density at radius 1 is 0.719 bits per heavy atom. The highest BCUT2D eigenvalue weighted by atomic mass is 35.5. The number of aliphatic imine (C=N–C) groups is 1. The molecular weight excluding hydrogens is 507 g/mol. The van der Waals surface area contributed by atoms with Crippen LogP contribution in [0, 0.1) is 0 Å². The van der Waals surface area contributed by atoms with Crippen LogP contribution in [0.3, 0.4) is 0 Å². The molecule has 0 aliphatic heterocycles. The number of nitrogens with one attached hydrogen (secondary N) is 1. The second-order valence-electron chi connectivity index (χ2n) is 6.99. The van der Waals surface area contributed by atoms with E-state index in [9.17, 15) is 57.1 Å². The van der Waals surface area contributed by atoms with Gasteiger partial charge in [-0.2, -0.15) is 57.1 Å². The maximum atomic E-state index is 13.8. The van der Waals surface area contributed by atoms with Gasteiger partial charge in [0.1, 0.15) is 0 Å². The molecule has 3 nitrogen and oxygen atoms in total. The number of halogens is 14. The highest BCUT2D eigenvalue weighted by Crippen LogP contribution is 2.58. The van der Waals surface area contributed by atoms with Crippen LogP contribution in [0.5, 0.6) is 0 Å². The predicted octanol–water partition coefficient (Wildman–Crippen LogP) is 6.66. The number of alkyl halides is 13. The minimum Gasteiger partial charge on any atom is -0.396 e. The zero-order valence-electron chi connectivity index (χ0n) is 16.7. The molecule has 0 radical (unpaired) electrons. The fraction of sp³-hybridized carbons (Fsp3) is 0.933. The lowest BCUT2D eigenvalue weighted by molar-refractivity contribution is -0.434. The van der Waals surface area contributed by atoms with Gasteiger partial charge in [0.05, 0.1) is 0 Å². The van der Waals surface area contributed by atoms with Gasteiger partial charge in [-0.1, -0.05) is 0 Å². The molecule has 194 valence electrons. The molecule has 0 rings (SSSR count). The van der Waals surface area contributed by atoms with E-state index in [1.165, 1.54) is 27.7 Å². The average molecular weight is 527 g/mol. The zero-order valence-corrected chi connectivity index (χ0v) is 17.6. The Hall–Kier alpha value is -1.35. The van der Waals surface area contributed by atoms with E-state index >= 15 is 0 Å². The van der Waals surface area contributed by atoms with Crippen LogP contribution in [-0.2, 0) is 4.74 Å². The van der Waals surface area contributed by atoms with Crippen molar-refractivity contribution < 1.29 is 61.8 Å². The number of rotatable bonds is 9. The van der Waals surface area contributed by atoms with Gasteiger partial charge in [0.15, 0.2) is 0 Å². The van der Waals surface area contributed by atoms with Crippen molar-refractivity contribution in [1.82, 2.24) is 5.32 Å². The quantitative estimate of drug-likeness (QED) is 0.207. The molecule has 0 saturated heterocycles. The van der Waals surface area contributed by atoms with Crippen LogP contribution >= 0.6 is 12.4 Å². The highest BCUT2D eigenvalue weighted by Gasteiger charge is 2.87. The van der Waals surface area contributed by atoms with Crippen molar-refractivity contribution >= 4 is 18.4 Å². The second kappa shape index (κ2) is 10.3. The molecule has 0 aliphatic carbocycles. The maximum absolute atomic E-state index is 13.8. The Kier molecular flexibility index (Phi) is 10.5. The Bertz CT molecular complexity index is 633. The van der Waals surface area contributed by atoms with Crippen LogP contribution < -0.4 is 5.32 Å². The Balaban J connectivity index is 0. The van der Waals surface area contributed by atoms with Crippen molar-refractivity contribution in [1.29, 1.82) is 0 Å². The second-order valence-corrected chi connectivity index (χ2v) is 6.99. The molecule has 0 aromatic heterocycles. The molecule has 0 bridgehead atoms. The van der Waals surface area contributed by atoms with Gasteiger partial charge in [0.25, 0.3) is 6.02 Å². The molecule has 17 heteroatoms. The fourth-order valence-corrected chi connectivity index (χ4v) is 1.83.